The van der Waals surface area contributed by atoms with Crippen molar-refractivity contribution in [3.05, 3.63) is 36.0 Å². The van der Waals surface area contributed by atoms with Crippen molar-refractivity contribution in [2.75, 3.05) is 7.05 Å². The molecule has 0 radical (unpaired) electrons. The second kappa shape index (κ2) is 4.18. The van der Waals surface area contributed by atoms with Crippen LogP contribution in [0.4, 0.5) is 4.39 Å². The van der Waals surface area contributed by atoms with Crippen molar-refractivity contribution in [1.82, 2.24) is 15.5 Å². The molecule has 0 bridgehead atoms. The van der Waals surface area contributed by atoms with Crippen molar-refractivity contribution in [3.63, 3.8) is 0 Å². The van der Waals surface area contributed by atoms with Gasteiger partial charge in [-0.05, 0) is 13.1 Å². The van der Waals surface area contributed by atoms with Gasteiger partial charge in [0.15, 0.2) is 5.76 Å². The van der Waals surface area contributed by atoms with Gasteiger partial charge in [0, 0.05) is 23.9 Å². The second-order valence-electron chi connectivity index (χ2n) is 3.10. The zero-order chi connectivity index (χ0) is 10.7. The van der Waals surface area contributed by atoms with E-state index in [0.717, 1.165) is 11.8 Å². The molecule has 0 aromatic carbocycles. The van der Waals surface area contributed by atoms with Crippen LogP contribution in [0.15, 0.2) is 29.2 Å². The Bertz CT molecular complexity index is 455. The first-order valence-electron chi connectivity index (χ1n) is 4.50. The Kier molecular flexibility index (Phi) is 2.73. The van der Waals surface area contributed by atoms with Gasteiger partial charge < -0.3 is 9.84 Å². The molecule has 0 atom stereocenters. The zero-order valence-corrected chi connectivity index (χ0v) is 8.20. The Morgan fingerprint density at radius 1 is 1.40 bits per heavy atom. The highest BCUT2D eigenvalue weighted by molar-refractivity contribution is 5.59. The lowest BCUT2D eigenvalue weighted by Crippen LogP contribution is -2.04. The fraction of sp³-hybridized carbons (Fsp3) is 0.200. The van der Waals surface area contributed by atoms with Crippen LogP contribution in [0, 0.1) is 5.82 Å². The van der Waals surface area contributed by atoms with E-state index in [-0.39, 0.29) is 5.82 Å². The summed E-state index contributed by atoms with van der Waals surface area (Å²) in [4.78, 5) is 3.76. The second-order valence-corrected chi connectivity index (χ2v) is 3.10. The van der Waals surface area contributed by atoms with Crippen LogP contribution >= 0.6 is 0 Å². The minimum atomic E-state index is -0.390. The van der Waals surface area contributed by atoms with Crippen LogP contribution in [-0.4, -0.2) is 17.2 Å². The van der Waals surface area contributed by atoms with E-state index in [9.17, 15) is 4.39 Å². The monoisotopic (exact) mass is 207 g/mol. The first-order chi connectivity index (χ1) is 7.31. The predicted octanol–water partition coefficient (Wildman–Crippen LogP) is 1.60. The van der Waals surface area contributed by atoms with Crippen molar-refractivity contribution in [2.45, 2.75) is 6.54 Å². The van der Waals surface area contributed by atoms with Crippen molar-refractivity contribution in [2.24, 2.45) is 0 Å². The molecule has 0 aliphatic rings. The molecule has 2 rings (SSSR count). The molecule has 0 saturated heterocycles. The lowest BCUT2D eigenvalue weighted by molar-refractivity contribution is 0.431. The smallest absolute Gasteiger partial charge is 0.172 e. The Labute approximate surface area is 86.1 Å². The summed E-state index contributed by atoms with van der Waals surface area (Å²) in [5.74, 6) is 0.163. The van der Waals surface area contributed by atoms with Gasteiger partial charge in [-0.3, -0.25) is 4.98 Å². The molecule has 4 nitrogen and oxygen atoms in total. The number of rotatable bonds is 3. The first kappa shape index (κ1) is 9.79. The number of hydrogen-bond acceptors (Lipinski definition) is 4. The summed E-state index contributed by atoms with van der Waals surface area (Å²) in [5, 5.41) is 6.66. The normalized spacial score (nSPS) is 10.5. The highest BCUT2D eigenvalue weighted by Crippen LogP contribution is 2.22. The summed E-state index contributed by atoms with van der Waals surface area (Å²) in [5.41, 5.74) is 1.47. The molecule has 0 unspecified atom stereocenters. The van der Waals surface area contributed by atoms with Gasteiger partial charge >= 0.3 is 0 Å². The maximum atomic E-state index is 12.9. The Morgan fingerprint density at radius 3 is 3.00 bits per heavy atom. The van der Waals surface area contributed by atoms with Gasteiger partial charge in [0.1, 0.15) is 5.82 Å². The number of nitrogens with zero attached hydrogens (tertiary/aromatic N) is 2. The van der Waals surface area contributed by atoms with Gasteiger partial charge in [-0.1, -0.05) is 5.16 Å². The van der Waals surface area contributed by atoms with E-state index in [1.807, 2.05) is 7.05 Å². The third kappa shape index (κ3) is 2.02. The molecule has 15 heavy (non-hydrogen) atoms. The summed E-state index contributed by atoms with van der Waals surface area (Å²) in [7, 11) is 1.82. The fourth-order valence-electron chi connectivity index (χ4n) is 1.35. The molecular formula is C10H10FN3O. The molecule has 1 N–H and O–H groups in total. The molecule has 0 fully saturated rings. The number of hydrogen-bond donors (Lipinski definition) is 1. The van der Waals surface area contributed by atoms with Gasteiger partial charge in [-0.15, -0.1) is 0 Å². The van der Waals surface area contributed by atoms with E-state index in [1.54, 1.807) is 12.4 Å². The summed E-state index contributed by atoms with van der Waals surface area (Å²) >= 11 is 0. The molecule has 0 saturated carbocycles. The molecule has 2 aromatic heterocycles. The van der Waals surface area contributed by atoms with Gasteiger partial charge in [0.25, 0.3) is 0 Å². The summed E-state index contributed by atoms with van der Waals surface area (Å²) in [6.07, 6.45) is 4.30. The van der Waals surface area contributed by atoms with Crippen molar-refractivity contribution in [3.8, 4) is 11.3 Å². The Balaban J connectivity index is 2.40. The largest absolute Gasteiger partial charge is 0.356 e. The number of pyridine rings is 1. The minimum Gasteiger partial charge on any atom is -0.356 e. The number of nitrogens with one attached hydrogen (secondary N) is 1. The number of aromatic nitrogens is 2. The van der Waals surface area contributed by atoms with Crippen LogP contribution in [0.3, 0.4) is 0 Å². The lowest BCUT2D eigenvalue weighted by Gasteiger charge is -1.99. The van der Waals surface area contributed by atoms with E-state index in [0.29, 0.717) is 17.9 Å². The maximum Gasteiger partial charge on any atom is 0.172 e. The lowest BCUT2D eigenvalue weighted by atomic mass is 10.1. The van der Waals surface area contributed by atoms with Gasteiger partial charge in [0.05, 0.1) is 12.4 Å². The maximum absolute atomic E-state index is 12.9. The average Bonchev–Trinajstić information content (AvgIpc) is 2.66. The van der Waals surface area contributed by atoms with E-state index < -0.39 is 0 Å². The Hall–Kier alpha value is -1.75. The molecular weight excluding hydrogens is 197 g/mol. The molecule has 2 heterocycles. The van der Waals surface area contributed by atoms with Crippen LogP contribution in [0.25, 0.3) is 11.3 Å². The van der Waals surface area contributed by atoms with Crippen molar-refractivity contribution >= 4 is 0 Å². The SMILES string of the molecule is CNCc1cnoc1-c1cncc(F)c1. The van der Waals surface area contributed by atoms with Crippen LogP contribution < -0.4 is 5.32 Å². The van der Waals surface area contributed by atoms with Crippen LogP contribution in [0.1, 0.15) is 5.56 Å². The first-order valence-corrected chi connectivity index (χ1v) is 4.50. The molecule has 0 amide bonds. The summed E-state index contributed by atoms with van der Waals surface area (Å²) in [6, 6.07) is 1.37. The number of halogens is 1. The summed E-state index contributed by atoms with van der Waals surface area (Å²) < 4.78 is 18.0. The third-order valence-electron chi connectivity index (χ3n) is 1.98. The molecule has 5 heteroatoms. The van der Waals surface area contributed by atoms with Crippen LogP contribution in [0.5, 0.6) is 0 Å². The predicted molar refractivity (Wildman–Crippen MR) is 52.5 cm³/mol. The zero-order valence-electron chi connectivity index (χ0n) is 8.20. The molecule has 0 aliphatic carbocycles. The van der Waals surface area contributed by atoms with Crippen LogP contribution in [-0.2, 0) is 6.54 Å². The quantitative estimate of drug-likeness (QED) is 0.830. The van der Waals surface area contributed by atoms with E-state index >= 15 is 0 Å². The van der Waals surface area contributed by atoms with Crippen molar-refractivity contribution in [1.29, 1.82) is 0 Å². The third-order valence-corrected chi connectivity index (χ3v) is 1.98. The minimum absolute atomic E-state index is 0.390. The van der Waals surface area contributed by atoms with Crippen molar-refractivity contribution < 1.29 is 8.91 Å². The molecule has 78 valence electrons. The molecule has 0 spiro atoms. The summed E-state index contributed by atoms with van der Waals surface area (Å²) in [6.45, 7) is 0.620. The molecule has 2 aromatic rings. The highest BCUT2D eigenvalue weighted by atomic mass is 19.1. The van der Waals surface area contributed by atoms with Gasteiger partial charge in [-0.2, -0.15) is 0 Å². The van der Waals surface area contributed by atoms with E-state index in [2.05, 4.69) is 15.5 Å². The van der Waals surface area contributed by atoms with Gasteiger partial charge in [-0.25, -0.2) is 4.39 Å². The van der Waals surface area contributed by atoms with Gasteiger partial charge in [0.2, 0.25) is 0 Å². The molecule has 0 aliphatic heterocycles. The Morgan fingerprint density at radius 2 is 2.27 bits per heavy atom. The average molecular weight is 207 g/mol. The van der Waals surface area contributed by atoms with E-state index in [1.165, 1.54) is 6.07 Å². The van der Waals surface area contributed by atoms with E-state index in [4.69, 9.17) is 4.52 Å². The fourth-order valence-corrected chi connectivity index (χ4v) is 1.35. The highest BCUT2D eigenvalue weighted by Gasteiger charge is 2.10. The topological polar surface area (TPSA) is 51.0 Å². The standard InChI is InChI=1S/C10H10FN3O/c1-12-3-8-5-14-15-10(8)7-2-9(11)6-13-4-7/h2,4-6,12H,3H2,1H3. The van der Waals surface area contributed by atoms with Crippen LogP contribution in [0.2, 0.25) is 0 Å².